The average molecular weight is 429 g/mol. The standard InChI is InChI=1S/C22H32N6O3/c1-22(2,3)30-21(29)24-10-9-23-20-26-19(31-27-20)13-15-6-7-18-17(12-15)16(14-25-18)8-11-28(4)5/h6-7,12,14,25H,8-11,13H2,1-5H3,(H,23,27)(H,24,29). The third-order valence-corrected chi connectivity index (χ3v) is 4.56. The van der Waals surface area contributed by atoms with Crippen LogP contribution in [0, 0.1) is 0 Å². The number of fused-ring (bicyclic) bond motifs is 1. The topological polar surface area (TPSA) is 108 Å². The van der Waals surface area contributed by atoms with Crippen LogP contribution in [0.3, 0.4) is 0 Å². The number of amides is 1. The lowest BCUT2D eigenvalue weighted by Gasteiger charge is -2.19. The number of aromatic amines is 1. The number of rotatable bonds is 9. The number of anilines is 1. The van der Waals surface area contributed by atoms with Crippen molar-refractivity contribution in [1.29, 1.82) is 0 Å². The van der Waals surface area contributed by atoms with E-state index in [0.29, 0.717) is 31.3 Å². The molecule has 1 aromatic carbocycles. The number of benzene rings is 1. The smallest absolute Gasteiger partial charge is 0.407 e. The summed E-state index contributed by atoms with van der Waals surface area (Å²) in [6.07, 6.45) is 3.17. The third-order valence-electron chi connectivity index (χ3n) is 4.56. The van der Waals surface area contributed by atoms with Crippen LogP contribution >= 0.6 is 0 Å². The van der Waals surface area contributed by atoms with Gasteiger partial charge in [-0.3, -0.25) is 0 Å². The van der Waals surface area contributed by atoms with Crippen LogP contribution in [0.1, 0.15) is 37.8 Å². The van der Waals surface area contributed by atoms with Gasteiger partial charge in [-0.2, -0.15) is 4.98 Å². The Bertz CT molecular complexity index is 1000. The first-order valence-corrected chi connectivity index (χ1v) is 10.5. The van der Waals surface area contributed by atoms with Crippen molar-refractivity contribution in [2.24, 2.45) is 0 Å². The minimum atomic E-state index is -0.517. The molecule has 0 saturated heterocycles. The number of ether oxygens (including phenoxy) is 1. The number of aromatic nitrogens is 3. The molecule has 0 aliphatic heterocycles. The lowest BCUT2D eigenvalue weighted by atomic mass is 10.1. The number of nitrogens with zero attached hydrogens (tertiary/aromatic N) is 3. The summed E-state index contributed by atoms with van der Waals surface area (Å²) >= 11 is 0. The van der Waals surface area contributed by atoms with Gasteiger partial charge in [-0.15, -0.1) is 0 Å². The predicted octanol–water partition coefficient (Wildman–Crippen LogP) is 3.18. The van der Waals surface area contributed by atoms with Crippen molar-refractivity contribution >= 4 is 22.9 Å². The Hall–Kier alpha value is -3.07. The molecular weight excluding hydrogens is 396 g/mol. The molecule has 0 aliphatic rings. The second kappa shape index (κ2) is 9.82. The molecule has 168 valence electrons. The molecule has 1 amide bonds. The summed E-state index contributed by atoms with van der Waals surface area (Å²) in [5, 5.41) is 10.9. The molecular formula is C22H32N6O3. The molecule has 0 unspecified atom stereocenters. The molecule has 0 atom stereocenters. The zero-order chi connectivity index (χ0) is 22.4. The monoisotopic (exact) mass is 428 g/mol. The van der Waals surface area contributed by atoms with E-state index in [9.17, 15) is 4.79 Å². The number of hydrogen-bond donors (Lipinski definition) is 3. The normalized spacial score (nSPS) is 11.8. The van der Waals surface area contributed by atoms with Gasteiger partial charge in [-0.1, -0.05) is 6.07 Å². The quantitative estimate of drug-likeness (QED) is 0.449. The Kier molecular flexibility index (Phi) is 7.17. The Morgan fingerprint density at radius 1 is 1.26 bits per heavy atom. The first kappa shape index (κ1) is 22.6. The predicted molar refractivity (Wildman–Crippen MR) is 120 cm³/mol. The molecule has 0 spiro atoms. The van der Waals surface area contributed by atoms with E-state index in [2.05, 4.69) is 69.1 Å². The van der Waals surface area contributed by atoms with Crippen molar-refractivity contribution in [1.82, 2.24) is 25.3 Å². The Labute approximate surface area is 182 Å². The number of likely N-dealkylation sites (N-methyl/N-ethyl adjacent to an activating group) is 1. The molecule has 0 radical (unpaired) electrons. The summed E-state index contributed by atoms with van der Waals surface area (Å²) in [4.78, 5) is 21.5. The fraction of sp³-hybridized carbons (Fsp3) is 0.500. The van der Waals surface area contributed by atoms with Crippen molar-refractivity contribution in [2.75, 3.05) is 39.0 Å². The maximum Gasteiger partial charge on any atom is 0.407 e. The van der Waals surface area contributed by atoms with Gasteiger partial charge in [0.1, 0.15) is 5.60 Å². The van der Waals surface area contributed by atoms with Crippen LogP contribution in [0.15, 0.2) is 28.9 Å². The highest BCUT2D eigenvalue weighted by atomic mass is 16.6. The summed E-state index contributed by atoms with van der Waals surface area (Å²) in [6, 6.07) is 6.33. The second-order valence-corrected chi connectivity index (χ2v) is 8.79. The SMILES string of the molecule is CN(C)CCc1c[nH]c2ccc(Cc3nc(NCCNC(=O)OC(C)(C)C)no3)cc12. The van der Waals surface area contributed by atoms with E-state index in [0.717, 1.165) is 24.0 Å². The number of hydrogen-bond acceptors (Lipinski definition) is 7. The van der Waals surface area contributed by atoms with Crippen molar-refractivity contribution < 1.29 is 14.1 Å². The van der Waals surface area contributed by atoms with Gasteiger partial charge < -0.3 is 29.8 Å². The van der Waals surface area contributed by atoms with E-state index >= 15 is 0 Å². The van der Waals surface area contributed by atoms with Gasteiger partial charge in [0.2, 0.25) is 5.89 Å². The highest BCUT2D eigenvalue weighted by Gasteiger charge is 2.15. The Morgan fingerprint density at radius 3 is 2.81 bits per heavy atom. The molecule has 0 saturated carbocycles. The van der Waals surface area contributed by atoms with E-state index in [1.54, 1.807) is 0 Å². The van der Waals surface area contributed by atoms with Crippen LogP contribution in [0.25, 0.3) is 10.9 Å². The maximum absolute atomic E-state index is 11.6. The van der Waals surface area contributed by atoms with Gasteiger partial charge in [-0.25, -0.2) is 4.79 Å². The van der Waals surface area contributed by atoms with Gasteiger partial charge in [0.25, 0.3) is 5.95 Å². The van der Waals surface area contributed by atoms with E-state index in [-0.39, 0.29) is 0 Å². The van der Waals surface area contributed by atoms with Crippen LogP contribution in [0.5, 0.6) is 0 Å². The van der Waals surface area contributed by atoms with Gasteiger partial charge >= 0.3 is 6.09 Å². The minimum Gasteiger partial charge on any atom is -0.444 e. The molecule has 0 fully saturated rings. The number of carbonyl (C=O) groups excluding carboxylic acids is 1. The molecule has 9 nitrogen and oxygen atoms in total. The lowest BCUT2D eigenvalue weighted by molar-refractivity contribution is 0.0530. The third kappa shape index (κ3) is 6.99. The second-order valence-electron chi connectivity index (χ2n) is 8.79. The van der Waals surface area contributed by atoms with Crippen molar-refractivity contribution in [2.45, 2.75) is 39.2 Å². The molecule has 0 bridgehead atoms. The summed E-state index contributed by atoms with van der Waals surface area (Å²) in [5.41, 5.74) is 3.02. The van der Waals surface area contributed by atoms with Crippen LogP contribution in [-0.4, -0.2) is 65.4 Å². The molecule has 2 aromatic heterocycles. The molecule has 9 heteroatoms. The Balaban J connectivity index is 1.52. The largest absolute Gasteiger partial charge is 0.444 e. The summed E-state index contributed by atoms with van der Waals surface area (Å²) in [6.45, 7) is 7.32. The average Bonchev–Trinajstić information content (AvgIpc) is 3.28. The summed E-state index contributed by atoms with van der Waals surface area (Å²) in [5.74, 6) is 0.933. The Morgan fingerprint density at radius 2 is 2.06 bits per heavy atom. The summed E-state index contributed by atoms with van der Waals surface area (Å²) in [7, 11) is 4.16. The first-order chi connectivity index (χ1) is 14.7. The molecule has 3 aromatic rings. The highest BCUT2D eigenvalue weighted by Crippen LogP contribution is 2.22. The molecule has 3 rings (SSSR count). The van der Waals surface area contributed by atoms with Crippen LogP contribution in [0.4, 0.5) is 10.7 Å². The number of H-pyrrole nitrogens is 1. The fourth-order valence-electron chi connectivity index (χ4n) is 3.11. The molecule has 0 aliphatic carbocycles. The van der Waals surface area contributed by atoms with Gasteiger partial charge in [0, 0.05) is 36.7 Å². The summed E-state index contributed by atoms with van der Waals surface area (Å²) < 4.78 is 10.6. The highest BCUT2D eigenvalue weighted by molar-refractivity contribution is 5.84. The number of alkyl carbamates (subject to hydrolysis) is 1. The van der Waals surface area contributed by atoms with E-state index in [1.807, 2.05) is 20.8 Å². The maximum atomic E-state index is 11.6. The van der Waals surface area contributed by atoms with Crippen LogP contribution < -0.4 is 10.6 Å². The first-order valence-electron chi connectivity index (χ1n) is 10.5. The molecule has 31 heavy (non-hydrogen) atoms. The molecule has 2 heterocycles. The van der Waals surface area contributed by atoms with E-state index in [4.69, 9.17) is 9.26 Å². The van der Waals surface area contributed by atoms with Gasteiger partial charge in [0.15, 0.2) is 0 Å². The zero-order valence-electron chi connectivity index (χ0n) is 18.9. The number of carbonyl (C=O) groups is 1. The van der Waals surface area contributed by atoms with E-state index < -0.39 is 11.7 Å². The van der Waals surface area contributed by atoms with E-state index in [1.165, 1.54) is 10.9 Å². The van der Waals surface area contributed by atoms with Crippen molar-refractivity contribution in [3.05, 3.63) is 41.4 Å². The minimum absolute atomic E-state index is 0.388. The van der Waals surface area contributed by atoms with Crippen molar-refractivity contribution in [3.63, 3.8) is 0 Å². The van der Waals surface area contributed by atoms with Crippen LogP contribution in [-0.2, 0) is 17.6 Å². The lowest BCUT2D eigenvalue weighted by Crippen LogP contribution is -2.35. The fourth-order valence-corrected chi connectivity index (χ4v) is 3.11. The van der Waals surface area contributed by atoms with Crippen molar-refractivity contribution in [3.8, 4) is 0 Å². The zero-order valence-corrected chi connectivity index (χ0v) is 18.9. The van der Waals surface area contributed by atoms with Crippen LogP contribution in [0.2, 0.25) is 0 Å². The van der Waals surface area contributed by atoms with Gasteiger partial charge in [-0.05, 0) is 69.7 Å². The molecule has 3 N–H and O–H groups in total. The van der Waals surface area contributed by atoms with Gasteiger partial charge in [0.05, 0.1) is 6.42 Å². The number of nitrogens with one attached hydrogen (secondary N) is 3.